The lowest BCUT2D eigenvalue weighted by molar-refractivity contribution is 0.0683. The molecule has 0 heterocycles. The number of nitrogens with one attached hydrogen (secondary N) is 1. The van der Waals surface area contributed by atoms with Gasteiger partial charge in [-0.3, -0.25) is 4.79 Å². The molecule has 0 saturated heterocycles. The van der Waals surface area contributed by atoms with E-state index in [4.69, 9.17) is 39.7 Å². The number of carbonyl (C=O) groups excluding carboxylic acids is 1. The normalized spacial score (nSPS) is 9.49. The molecular weight excluding hydrogens is 1050 g/mol. The minimum Gasteiger partial charge on any atom is -0.477 e. The van der Waals surface area contributed by atoms with E-state index in [2.05, 4.69) is 34.0 Å². The molecule has 0 atom stereocenters. The standard InChI is InChI=1S/C8H6F3N3.C7H4F4N2O.C7H2F4N2.C7H3F4NO2.C6H3F4N.2F2.H3N/c1-14-8-3(2-12)4(9)5(10)7(13)6(8)11;8-2-1(7(13)14)3(9)5(11)6(12)4(2)10;8-3-2(1-12)4(9)6(11)7(13)5(3)10;8-2-1(7(13)14)3(9)5(11)6(12)4(2)10;7-2-1-3(8)5(10)6(11)4(2)9;2*1-2;/h14H,13H2,1H3;12H2,(H2,13,14);13H2;12H2,(H,13,14);1H,11H2;;;1H3. The van der Waals surface area contributed by atoms with Gasteiger partial charge in [-0.2, -0.15) is 10.5 Å². The van der Waals surface area contributed by atoms with Crippen LogP contribution in [-0.2, 0) is 0 Å². The van der Waals surface area contributed by atoms with Crippen LogP contribution < -0.4 is 45.9 Å². The number of rotatable bonds is 3. The molecule has 71 heavy (non-hydrogen) atoms. The number of carboxylic acids is 1. The van der Waals surface area contributed by atoms with Crippen LogP contribution in [0.15, 0.2) is 6.07 Å². The summed E-state index contributed by atoms with van der Waals surface area (Å²) in [5.74, 6) is -36.4. The minimum atomic E-state index is -2.11. The lowest BCUT2D eigenvalue weighted by atomic mass is 10.1. The molecule has 17 N–H and O–H groups in total. The number of nitrogen functional groups attached to an aromatic ring is 5. The van der Waals surface area contributed by atoms with Crippen molar-refractivity contribution in [3.63, 3.8) is 0 Å². The molecule has 0 unspecified atom stereocenters. The number of amides is 1. The Morgan fingerprint density at radius 3 is 0.930 bits per heavy atom. The van der Waals surface area contributed by atoms with Crippen LogP contribution in [0.3, 0.4) is 0 Å². The summed E-state index contributed by atoms with van der Waals surface area (Å²) in [6, 6.07) is 2.44. The predicted octanol–water partition coefficient (Wildman–Crippen LogP) is 9.41. The number of hydrogen-bond donors (Lipinski definition) is 9. The van der Waals surface area contributed by atoms with Gasteiger partial charge in [-0.25, -0.2) is 88.2 Å². The van der Waals surface area contributed by atoms with Gasteiger partial charge < -0.3 is 51.0 Å². The van der Waals surface area contributed by atoms with Crippen molar-refractivity contribution in [3.05, 3.63) is 139 Å². The first-order chi connectivity index (χ1) is 32.3. The summed E-state index contributed by atoms with van der Waals surface area (Å²) in [4.78, 5) is 20.6. The van der Waals surface area contributed by atoms with E-state index in [-0.39, 0.29) is 12.2 Å². The number of nitriles is 2. The number of nitrogens with zero attached hydrogens (tertiary/aromatic N) is 2. The smallest absolute Gasteiger partial charge is 0.341 e. The van der Waals surface area contributed by atoms with Crippen molar-refractivity contribution < 1.29 is 116 Å². The fourth-order valence-electron chi connectivity index (χ4n) is 4.06. The molecule has 0 radical (unpaired) electrons. The minimum absolute atomic E-state index is 0. The fourth-order valence-corrected chi connectivity index (χ4v) is 4.06. The summed E-state index contributed by atoms with van der Waals surface area (Å²) in [5, 5.41) is 27.1. The van der Waals surface area contributed by atoms with Crippen molar-refractivity contribution in [2.45, 2.75) is 0 Å². The zero-order chi connectivity index (χ0) is 55.7. The Morgan fingerprint density at radius 1 is 0.437 bits per heavy atom. The van der Waals surface area contributed by atoms with E-state index in [9.17, 15) is 93.0 Å². The molecule has 0 spiro atoms. The van der Waals surface area contributed by atoms with Crippen LogP contribution in [0.1, 0.15) is 31.8 Å². The molecule has 0 aromatic heterocycles. The molecule has 1 amide bonds. The Bertz CT molecular complexity index is 2670. The lowest BCUT2D eigenvalue weighted by Gasteiger charge is -2.08. The van der Waals surface area contributed by atoms with Gasteiger partial charge in [0.25, 0.3) is 5.91 Å². The molecule has 0 aliphatic heterocycles. The average molecular weight is 1070 g/mol. The molecule has 5 rings (SSSR count). The molecule has 5 aromatic carbocycles. The zero-order valence-corrected chi connectivity index (χ0v) is 33.6. The first-order valence-electron chi connectivity index (χ1n) is 16.0. The Morgan fingerprint density at radius 2 is 0.676 bits per heavy atom. The zero-order valence-electron chi connectivity index (χ0n) is 33.6. The average Bonchev–Trinajstić information content (AvgIpc) is 3.33. The van der Waals surface area contributed by atoms with E-state index in [1.165, 1.54) is 13.1 Å². The summed E-state index contributed by atoms with van der Waals surface area (Å²) >= 11 is 0. The topological polar surface area (TPSA) is 305 Å². The van der Waals surface area contributed by atoms with Gasteiger partial charge in [0.05, 0.1) is 5.69 Å². The van der Waals surface area contributed by atoms with Crippen molar-refractivity contribution in [3.8, 4) is 12.1 Å². The molecule has 0 fully saturated rings. The van der Waals surface area contributed by atoms with Crippen molar-refractivity contribution >= 4 is 46.0 Å². The number of benzene rings is 5. The monoisotopic (exact) mass is 1070 g/mol. The highest BCUT2D eigenvalue weighted by Gasteiger charge is 2.29. The third-order valence-corrected chi connectivity index (χ3v) is 7.33. The Labute approximate surface area is 377 Å². The molecule has 390 valence electrons. The largest absolute Gasteiger partial charge is 0.477 e. The maximum Gasteiger partial charge on any atom is 0.341 e. The van der Waals surface area contributed by atoms with Gasteiger partial charge in [-0.05, 0) is 0 Å². The molecule has 5 aromatic rings. The van der Waals surface area contributed by atoms with Crippen LogP contribution >= 0.6 is 0 Å². The first kappa shape index (κ1) is 66.4. The highest BCUT2D eigenvalue weighted by molar-refractivity contribution is 5.94. The number of nitrogens with two attached hydrogens (primary N) is 6. The van der Waals surface area contributed by atoms with Crippen LogP contribution in [0, 0.1) is 133 Å². The molecular formula is C35H21F23N10O3. The van der Waals surface area contributed by atoms with Crippen molar-refractivity contribution in [2.75, 3.05) is 41.0 Å². The van der Waals surface area contributed by atoms with Crippen LogP contribution in [0.5, 0.6) is 0 Å². The maximum absolute atomic E-state index is 13.1. The van der Waals surface area contributed by atoms with Gasteiger partial charge >= 0.3 is 5.97 Å². The number of hydrogen-bond acceptors (Lipinski definition) is 11. The number of primary amides is 1. The number of anilines is 6. The molecule has 0 aliphatic rings. The second-order valence-electron chi connectivity index (χ2n) is 11.3. The third kappa shape index (κ3) is 14.6. The van der Waals surface area contributed by atoms with Gasteiger partial charge in [0.15, 0.2) is 111 Å². The summed E-state index contributed by atoms with van der Waals surface area (Å²) in [6.07, 6.45) is 0. The first-order valence-corrected chi connectivity index (χ1v) is 16.0. The molecule has 36 heteroatoms. The van der Waals surface area contributed by atoms with Gasteiger partial charge in [-0.1, -0.05) is 0 Å². The number of halogens is 23. The van der Waals surface area contributed by atoms with Gasteiger partial charge in [0, 0.05) is 31.4 Å². The summed E-state index contributed by atoms with van der Waals surface area (Å²) in [7, 11) is 1.27. The van der Waals surface area contributed by atoms with Gasteiger partial charge in [0.1, 0.15) is 62.8 Å². The SMILES string of the molecule is CNc1c(F)c(N)c(F)c(F)c1C#N.FF.FF.N.N#Cc1c(F)c(F)c(N)c(F)c1F.NC(=O)c1c(F)c(F)c(N)c(F)c1F.Nc1c(F)c(F)c(C(=O)O)c(F)c1F.Nc1c(F)c(F)cc(F)c1F. The van der Waals surface area contributed by atoms with Crippen molar-refractivity contribution in [1.29, 1.82) is 10.5 Å². The second kappa shape index (κ2) is 28.5. The van der Waals surface area contributed by atoms with Gasteiger partial charge in [-0.15, -0.1) is 0 Å². The predicted molar refractivity (Wildman–Crippen MR) is 197 cm³/mol. The summed E-state index contributed by atoms with van der Waals surface area (Å²) in [6.45, 7) is 0. The highest BCUT2D eigenvalue weighted by Crippen LogP contribution is 2.31. The number of carboxylic acid groups (broad SMARTS) is 1. The summed E-state index contributed by atoms with van der Waals surface area (Å²) < 4.78 is 272. The molecule has 13 nitrogen and oxygen atoms in total. The number of aromatic carboxylic acids is 1. The van der Waals surface area contributed by atoms with E-state index in [1.54, 1.807) is 0 Å². The summed E-state index contributed by atoms with van der Waals surface area (Å²) in [5.41, 5.74) is 16.4. The van der Waals surface area contributed by atoms with Crippen LogP contribution in [-0.4, -0.2) is 24.0 Å². The lowest BCUT2D eigenvalue weighted by Crippen LogP contribution is -2.19. The van der Waals surface area contributed by atoms with E-state index in [1.807, 2.05) is 0 Å². The van der Waals surface area contributed by atoms with Crippen molar-refractivity contribution in [1.82, 2.24) is 6.15 Å². The van der Waals surface area contributed by atoms with Crippen LogP contribution in [0.4, 0.5) is 136 Å². The Hall–Kier alpha value is -8.83. The quantitative estimate of drug-likeness (QED) is 0.0464. The molecule has 0 saturated carbocycles. The Kier molecular flexibility index (Phi) is 26.7. The van der Waals surface area contributed by atoms with E-state index < -0.39 is 179 Å². The van der Waals surface area contributed by atoms with E-state index >= 15 is 0 Å². The number of carbonyl (C=O) groups is 2. The highest BCUT2D eigenvalue weighted by atomic mass is 20.0. The second-order valence-corrected chi connectivity index (χ2v) is 11.3. The van der Waals surface area contributed by atoms with E-state index in [0.717, 1.165) is 6.07 Å². The van der Waals surface area contributed by atoms with Crippen LogP contribution in [0.25, 0.3) is 0 Å². The maximum atomic E-state index is 13.1. The van der Waals surface area contributed by atoms with Crippen molar-refractivity contribution in [2.24, 2.45) is 5.73 Å². The van der Waals surface area contributed by atoms with Gasteiger partial charge in [0.2, 0.25) is 0 Å². The third-order valence-electron chi connectivity index (χ3n) is 7.33. The molecule has 0 bridgehead atoms. The molecule has 0 aliphatic carbocycles. The van der Waals surface area contributed by atoms with E-state index in [0.29, 0.717) is 0 Å². The Balaban J connectivity index is -0.000000798. The fraction of sp³-hybridized carbons (Fsp3) is 0.0286. The van der Waals surface area contributed by atoms with Crippen LogP contribution in [0.2, 0.25) is 0 Å².